The maximum absolute atomic E-state index is 12.4. The maximum atomic E-state index is 12.4. The number of carbonyl (C=O) groups is 1. The van der Waals surface area contributed by atoms with Gasteiger partial charge < -0.3 is 9.64 Å². The highest BCUT2D eigenvalue weighted by Crippen LogP contribution is 2.37. The lowest BCUT2D eigenvalue weighted by Crippen LogP contribution is -2.32. The summed E-state index contributed by atoms with van der Waals surface area (Å²) in [5.74, 6) is 2.31. The normalized spacial score (nSPS) is 26.9. The molecule has 1 aliphatic carbocycles. The van der Waals surface area contributed by atoms with Crippen LogP contribution in [-0.2, 0) is 9.53 Å². The van der Waals surface area contributed by atoms with Crippen LogP contribution >= 0.6 is 0 Å². The van der Waals surface area contributed by atoms with Crippen molar-refractivity contribution in [3.8, 4) is 0 Å². The van der Waals surface area contributed by atoms with Crippen LogP contribution in [0.4, 0.5) is 0 Å². The number of amides is 1. The third-order valence-electron chi connectivity index (χ3n) is 3.99. The first-order chi connectivity index (χ1) is 9.17. The molecule has 104 valence electrons. The van der Waals surface area contributed by atoms with Gasteiger partial charge in [0.25, 0.3) is 0 Å². The number of ether oxygens (including phenoxy) is 1. The van der Waals surface area contributed by atoms with Crippen molar-refractivity contribution in [2.75, 3.05) is 13.7 Å². The second-order valence-electron chi connectivity index (χ2n) is 5.58. The number of nitrogens with one attached hydrogen (secondary N) is 1. The average molecular weight is 264 g/mol. The maximum Gasteiger partial charge on any atom is 0.223 e. The van der Waals surface area contributed by atoms with Crippen LogP contribution < -0.4 is 0 Å². The number of hydrogen-bond acceptors (Lipinski definition) is 4. The van der Waals surface area contributed by atoms with Gasteiger partial charge in [-0.15, -0.1) is 0 Å². The van der Waals surface area contributed by atoms with Gasteiger partial charge in [0.05, 0.1) is 12.1 Å². The molecule has 0 unspecified atom stereocenters. The van der Waals surface area contributed by atoms with Gasteiger partial charge in [-0.05, 0) is 25.7 Å². The Hall–Kier alpha value is -1.43. The van der Waals surface area contributed by atoms with E-state index in [1.807, 2.05) is 11.8 Å². The summed E-state index contributed by atoms with van der Waals surface area (Å²) in [6.07, 6.45) is 3.92. The van der Waals surface area contributed by atoms with Gasteiger partial charge in [-0.3, -0.25) is 9.89 Å². The quantitative estimate of drug-likeness (QED) is 0.887. The van der Waals surface area contributed by atoms with Crippen molar-refractivity contribution in [1.82, 2.24) is 20.1 Å². The predicted molar refractivity (Wildman–Crippen MR) is 68.3 cm³/mol. The number of aromatic nitrogens is 3. The molecule has 2 fully saturated rings. The summed E-state index contributed by atoms with van der Waals surface area (Å²) in [6, 6.07) is -0.0406. The molecule has 1 saturated carbocycles. The molecule has 2 heterocycles. The van der Waals surface area contributed by atoms with Gasteiger partial charge in [-0.1, -0.05) is 0 Å². The molecule has 1 saturated heterocycles. The summed E-state index contributed by atoms with van der Waals surface area (Å²) in [5.41, 5.74) is 0. The molecule has 2 aliphatic rings. The van der Waals surface area contributed by atoms with Gasteiger partial charge in [0.1, 0.15) is 5.82 Å². The van der Waals surface area contributed by atoms with Crippen molar-refractivity contribution in [2.45, 2.75) is 44.8 Å². The lowest BCUT2D eigenvalue weighted by Gasteiger charge is -2.22. The zero-order valence-electron chi connectivity index (χ0n) is 11.4. The average Bonchev–Trinajstić information content (AvgIpc) is 2.93. The molecule has 0 radical (unpaired) electrons. The van der Waals surface area contributed by atoms with E-state index in [0.717, 1.165) is 12.2 Å². The molecular weight excluding hydrogens is 244 g/mol. The molecule has 1 aliphatic heterocycles. The van der Waals surface area contributed by atoms with E-state index in [1.54, 1.807) is 7.11 Å². The van der Waals surface area contributed by atoms with Gasteiger partial charge in [0, 0.05) is 26.5 Å². The van der Waals surface area contributed by atoms with Crippen LogP contribution in [0.25, 0.3) is 0 Å². The number of aryl methyl sites for hydroxylation is 1. The lowest BCUT2D eigenvalue weighted by atomic mass is 10.1. The fourth-order valence-corrected chi connectivity index (χ4v) is 2.68. The summed E-state index contributed by atoms with van der Waals surface area (Å²) in [6.45, 7) is 2.52. The number of methoxy groups -OCH3 is 1. The van der Waals surface area contributed by atoms with Crippen LogP contribution in [0.1, 0.15) is 43.4 Å². The van der Waals surface area contributed by atoms with Crippen molar-refractivity contribution in [2.24, 2.45) is 5.92 Å². The summed E-state index contributed by atoms with van der Waals surface area (Å²) < 4.78 is 5.41. The highest BCUT2D eigenvalue weighted by Gasteiger charge is 2.39. The molecule has 0 bridgehead atoms. The summed E-state index contributed by atoms with van der Waals surface area (Å²) in [4.78, 5) is 18.6. The van der Waals surface area contributed by atoms with Crippen LogP contribution in [0.3, 0.4) is 0 Å². The van der Waals surface area contributed by atoms with Gasteiger partial charge >= 0.3 is 0 Å². The molecule has 19 heavy (non-hydrogen) atoms. The second kappa shape index (κ2) is 4.92. The largest absolute Gasteiger partial charge is 0.380 e. The van der Waals surface area contributed by atoms with Crippen molar-refractivity contribution >= 4 is 5.91 Å². The smallest absolute Gasteiger partial charge is 0.223 e. The number of carbonyl (C=O) groups excluding carboxylic acids is 1. The Bertz CT molecular complexity index is 469. The summed E-state index contributed by atoms with van der Waals surface area (Å²) in [5, 5.41) is 7.06. The number of hydrogen-bond donors (Lipinski definition) is 1. The highest BCUT2D eigenvalue weighted by molar-refractivity contribution is 5.77. The Balaban J connectivity index is 1.76. The molecule has 1 aromatic heterocycles. The minimum absolute atomic E-state index is 0.0406. The molecule has 2 atom stereocenters. The lowest BCUT2D eigenvalue weighted by molar-refractivity contribution is -0.133. The Morgan fingerprint density at radius 2 is 2.32 bits per heavy atom. The molecule has 0 spiro atoms. The first-order valence-corrected chi connectivity index (χ1v) is 6.88. The number of likely N-dealkylation sites (tertiary alicyclic amines) is 1. The monoisotopic (exact) mass is 264 g/mol. The number of nitrogens with zero attached hydrogens (tertiary/aromatic N) is 3. The SMILES string of the molecule is CO[C@H]1C[C@@H](c2n[nH]c(C)n2)N(C(=O)CC2CC2)C1. The fraction of sp³-hybridized carbons (Fsp3) is 0.769. The first-order valence-electron chi connectivity index (χ1n) is 6.88. The van der Waals surface area contributed by atoms with E-state index in [1.165, 1.54) is 12.8 Å². The summed E-state index contributed by atoms with van der Waals surface area (Å²) in [7, 11) is 1.69. The van der Waals surface area contributed by atoms with Crippen LogP contribution in [-0.4, -0.2) is 45.7 Å². The summed E-state index contributed by atoms with van der Waals surface area (Å²) >= 11 is 0. The minimum Gasteiger partial charge on any atom is -0.380 e. The van der Waals surface area contributed by atoms with E-state index in [4.69, 9.17) is 4.74 Å². The number of rotatable bonds is 4. The molecule has 3 rings (SSSR count). The Morgan fingerprint density at radius 1 is 1.53 bits per heavy atom. The molecule has 0 aromatic carbocycles. The van der Waals surface area contributed by atoms with E-state index in [-0.39, 0.29) is 18.1 Å². The Morgan fingerprint density at radius 3 is 2.89 bits per heavy atom. The minimum atomic E-state index is -0.0406. The third-order valence-corrected chi connectivity index (χ3v) is 3.99. The first kappa shape index (κ1) is 12.6. The standard InChI is InChI=1S/C13H20N4O2/c1-8-14-13(16-15-8)11-6-10(19-2)7-17(11)12(18)5-9-3-4-9/h9-11H,3-7H2,1-2H3,(H,14,15,16)/t10-,11-/m0/s1. The van der Waals surface area contributed by atoms with Gasteiger partial charge in [-0.25, -0.2) is 4.98 Å². The van der Waals surface area contributed by atoms with E-state index >= 15 is 0 Å². The third kappa shape index (κ3) is 2.63. The molecule has 6 heteroatoms. The Kier molecular flexibility index (Phi) is 3.26. The van der Waals surface area contributed by atoms with E-state index in [9.17, 15) is 4.79 Å². The zero-order valence-corrected chi connectivity index (χ0v) is 11.4. The Labute approximate surface area is 112 Å². The van der Waals surface area contributed by atoms with E-state index in [0.29, 0.717) is 24.7 Å². The van der Waals surface area contributed by atoms with E-state index < -0.39 is 0 Å². The molecule has 1 amide bonds. The van der Waals surface area contributed by atoms with Crippen molar-refractivity contribution in [1.29, 1.82) is 0 Å². The number of aromatic amines is 1. The van der Waals surface area contributed by atoms with Crippen molar-refractivity contribution < 1.29 is 9.53 Å². The van der Waals surface area contributed by atoms with Gasteiger partial charge in [0.2, 0.25) is 5.91 Å². The molecule has 1 aromatic rings. The zero-order chi connectivity index (χ0) is 13.4. The predicted octanol–water partition coefficient (Wildman–Crippen LogP) is 1.20. The van der Waals surface area contributed by atoms with Gasteiger partial charge in [-0.2, -0.15) is 5.10 Å². The fourth-order valence-electron chi connectivity index (χ4n) is 2.68. The van der Waals surface area contributed by atoms with Crippen LogP contribution in [0.15, 0.2) is 0 Å². The van der Waals surface area contributed by atoms with E-state index in [2.05, 4.69) is 15.2 Å². The van der Waals surface area contributed by atoms with Crippen LogP contribution in [0.5, 0.6) is 0 Å². The van der Waals surface area contributed by atoms with Crippen LogP contribution in [0, 0.1) is 12.8 Å². The topological polar surface area (TPSA) is 71.1 Å². The molecule has 6 nitrogen and oxygen atoms in total. The van der Waals surface area contributed by atoms with Gasteiger partial charge in [0.15, 0.2) is 5.82 Å². The number of H-pyrrole nitrogens is 1. The molecular formula is C13H20N4O2. The van der Waals surface area contributed by atoms with Crippen molar-refractivity contribution in [3.63, 3.8) is 0 Å². The van der Waals surface area contributed by atoms with Crippen molar-refractivity contribution in [3.05, 3.63) is 11.6 Å². The van der Waals surface area contributed by atoms with Crippen LogP contribution in [0.2, 0.25) is 0 Å². The molecule has 1 N–H and O–H groups in total. The highest BCUT2D eigenvalue weighted by atomic mass is 16.5. The second-order valence-corrected chi connectivity index (χ2v) is 5.58.